The van der Waals surface area contributed by atoms with Crippen LogP contribution in [0.4, 0.5) is 5.69 Å². The van der Waals surface area contributed by atoms with Gasteiger partial charge in [0.05, 0.1) is 17.1 Å². The maximum absolute atomic E-state index is 12.7. The van der Waals surface area contributed by atoms with Crippen LogP contribution in [0.2, 0.25) is 10.0 Å². The average Bonchev–Trinajstić information content (AvgIpc) is 2.99. The van der Waals surface area contributed by atoms with Crippen molar-refractivity contribution in [3.05, 3.63) is 56.9 Å². The van der Waals surface area contributed by atoms with E-state index in [0.29, 0.717) is 16.6 Å². The summed E-state index contributed by atoms with van der Waals surface area (Å²) < 4.78 is 0. The van der Waals surface area contributed by atoms with Crippen LogP contribution in [0.15, 0.2) is 36.4 Å². The molecule has 2 atom stereocenters. The normalized spacial score (nSPS) is 24.2. The molecular formula is C19H22Cl2N5O+. The van der Waals surface area contributed by atoms with Crippen molar-refractivity contribution in [3.8, 4) is 11.1 Å². The summed E-state index contributed by atoms with van der Waals surface area (Å²) in [5, 5.41) is 4.45. The number of rotatable bonds is 4. The highest BCUT2D eigenvalue weighted by Crippen LogP contribution is 2.39. The van der Waals surface area contributed by atoms with Gasteiger partial charge in [-0.1, -0.05) is 35.3 Å². The van der Waals surface area contributed by atoms with E-state index < -0.39 is 5.66 Å². The highest BCUT2D eigenvalue weighted by molar-refractivity contribution is 6.39. The predicted molar refractivity (Wildman–Crippen MR) is 109 cm³/mol. The van der Waals surface area contributed by atoms with Gasteiger partial charge in [0.2, 0.25) is 6.04 Å². The minimum absolute atomic E-state index is 0.0948. The molecule has 1 fully saturated rings. The van der Waals surface area contributed by atoms with Gasteiger partial charge in [0.15, 0.2) is 5.66 Å². The fourth-order valence-corrected chi connectivity index (χ4v) is 4.30. The summed E-state index contributed by atoms with van der Waals surface area (Å²) in [6.45, 7) is 3.58. The van der Waals surface area contributed by atoms with Gasteiger partial charge < -0.3 is 10.7 Å². The monoisotopic (exact) mass is 406 g/mol. The topological polar surface area (TPSA) is 68.2 Å². The zero-order chi connectivity index (χ0) is 19.0. The minimum Gasteiger partial charge on any atom is -0.319 e. The quantitative estimate of drug-likeness (QED) is 0.459. The van der Waals surface area contributed by atoms with Gasteiger partial charge in [0.25, 0.3) is 0 Å². The molecule has 0 aliphatic carbocycles. The SMILES string of the molecule is CC1(N[N+](=O)[C@@H]2CCCNC2)NNc2ccc(-c3c(Cl)cccc3Cl)cc21. The van der Waals surface area contributed by atoms with Gasteiger partial charge in [0, 0.05) is 27.6 Å². The first-order chi connectivity index (χ1) is 13.0. The van der Waals surface area contributed by atoms with Crippen molar-refractivity contribution in [2.45, 2.75) is 31.5 Å². The molecule has 27 heavy (non-hydrogen) atoms. The van der Waals surface area contributed by atoms with Gasteiger partial charge in [-0.2, -0.15) is 0 Å². The number of hydrogen-bond acceptors (Lipinski definition) is 4. The summed E-state index contributed by atoms with van der Waals surface area (Å²) >= 11 is 12.8. The number of nitroso groups, excluding NO2 is 1. The lowest BCUT2D eigenvalue weighted by atomic mass is 9.96. The van der Waals surface area contributed by atoms with Crippen LogP contribution in [-0.4, -0.2) is 24.0 Å². The second-order valence-corrected chi connectivity index (χ2v) is 7.98. The van der Waals surface area contributed by atoms with E-state index in [2.05, 4.69) is 21.6 Å². The molecule has 142 valence electrons. The van der Waals surface area contributed by atoms with Gasteiger partial charge in [-0.15, -0.1) is 5.43 Å². The molecule has 0 radical (unpaired) electrons. The fraction of sp³-hybridized carbons (Fsp3) is 0.368. The molecule has 2 aliphatic heterocycles. The summed E-state index contributed by atoms with van der Waals surface area (Å²) in [5.41, 5.74) is 12.2. The van der Waals surface area contributed by atoms with Crippen molar-refractivity contribution >= 4 is 28.9 Å². The molecular weight excluding hydrogens is 385 g/mol. The van der Waals surface area contributed by atoms with Crippen LogP contribution in [0, 0.1) is 4.91 Å². The molecule has 2 heterocycles. The second-order valence-electron chi connectivity index (χ2n) is 7.17. The number of hydrogen-bond donors (Lipinski definition) is 4. The largest absolute Gasteiger partial charge is 0.319 e. The van der Waals surface area contributed by atoms with Crippen LogP contribution in [0.5, 0.6) is 0 Å². The Morgan fingerprint density at radius 3 is 2.70 bits per heavy atom. The van der Waals surface area contributed by atoms with Crippen LogP contribution >= 0.6 is 23.2 Å². The molecule has 2 aromatic rings. The van der Waals surface area contributed by atoms with E-state index in [1.54, 1.807) is 0 Å². The zero-order valence-electron chi connectivity index (χ0n) is 15.0. The van der Waals surface area contributed by atoms with Gasteiger partial charge in [-0.05, 0) is 49.7 Å². The number of benzene rings is 2. The summed E-state index contributed by atoms with van der Waals surface area (Å²) in [5.74, 6) is 0. The van der Waals surface area contributed by atoms with Crippen molar-refractivity contribution in [2.75, 3.05) is 18.5 Å². The van der Waals surface area contributed by atoms with E-state index in [1.807, 2.05) is 43.3 Å². The van der Waals surface area contributed by atoms with E-state index >= 15 is 0 Å². The van der Waals surface area contributed by atoms with Crippen LogP contribution < -0.4 is 21.6 Å². The number of anilines is 1. The molecule has 0 spiro atoms. The highest BCUT2D eigenvalue weighted by Gasteiger charge is 2.42. The third-order valence-electron chi connectivity index (χ3n) is 5.19. The Morgan fingerprint density at radius 1 is 1.22 bits per heavy atom. The Morgan fingerprint density at radius 2 is 2.00 bits per heavy atom. The summed E-state index contributed by atoms with van der Waals surface area (Å²) in [6.07, 6.45) is 1.87. The van der Waals surface area contributed by atoms with Crippen LogP contribution in [0.3, 0.4) is 0 Å². The third kappa shape index (κ3) is 3.50. The van der Waals surface area contributed by atoms with Crippen molar-refractivity contribution in [1.82, 2.24) is 16.2 Å². The molecule has 4 N–H and O–H groups in total. The maximum atomic E-state index is 12.7. The minimum atomic E-state index is -0.752. The van der Waals surface area contributed by atoms with Crippen LogP contribution in [-0.2, 0) is 5.66 Å². The smallest absolute Gasteiger partial charge is 0.246 e. The Bertz CT molecular complexity index is 864. The number of piperidine rings is 1. The second kappa shape index (κ2) is 7.28. The number of nitrogens with zero attached hydrogens (tertiary/aromatic N) is 1. The maximum Gasteiger partial charge on any atom is 0.246 e. The average molecular weight is 407 g/mol. The van der Waals surface area contributed by atoms with Gasteiger partial charge in [-0.25, -0.2) is 5.43 Å². The van der Waals surface area contributed by atoms with Crippen LogP contribution in [0.25, 0.3) is 11.1 Å². The van der Waals surface area contributed by atoms with Crippen molar-refractivity contribution < 1.29 is 4.87 Å². The molecule has 1 saturated heterocycles. The fourth-order valence-electron chi connectivity index (χ4n) is 3.69. The lowest BCUT2D eigenvalue weighted by molar-refractivity contribution is -0.654. The Balaban J connectivity index is 1.65. The summed E-state index contributed by atoms with van der Waals surface area (Å²) in [7, 11) is 0. The van der Waals surface area contributed by atoms with Gasteiger partial charge in [0.1, 0.15) is 4.87 Å². The summed E-state index contributed by atoms with van der Waals surface area (Å²) in [6, 6.07) is 11.3. The van der Waals surface area contributed by atoms with E-state index in [4.69, 9.17) is 23.2 Å². The highest BCUT2D eigenvalue weighted by atomic mass is 35.5. The van der Waals surface area contributed by atoms with E-state index in [9.17, 15) is 4.91 Å². The molecule has 0 bridgehead atoms. The van der Waals surface area contributed by atoms with Gasteiger partial charge in [-0.3, -0.25) is 0 Å². The standard InChI is InChI=1S/C19H22Cl2N5O/c1-19(25-26(27)13-4-3-9-22-11-13)14-10-12(7-8-17(14)23-24-19)18-15(20)5-2-6-16(18)21/h2,5-8,10,13,22-24H,3-4,9,11H2,1H3,(H,25,27)/q+1/t13-,19?/m1/s1. The Hall–Kier alpha value is -1.86. The molecule has 2 aliphatic rings. The molecule has 0 aromatic heterocycles. The number of hydrazine groups is 2. The first kappa shape index (κ1) is 18.5. The molecule has 2 aromatic carbocycles. The Kier molecular flexibility index (Phi) is 4.99. The molecule has 1 unspecified atom stereocenters. The lowest BCUT2D eigenvalue weighted by Gasteiger charge is -2.24. The van der Waals surface area contributed by atoms with Crippen LogP contribution in [0.1, 0.15) is 25.3 Å². The molecule has 0 amide bonds. The number of halogens is 2. The summed E-state index contributed by atoms with van der Waals surface area (Å²) in [4.78, 5) is 13.7. The molecule has 4 rings (SSSR count). The lowest BCUT2D eigenvalue weighted by Crippen LogP contribution is -2.57. The van der Waals surface area contributed by atoms with Crippen molar-refractivity contribution in [2.24, 2.45) is 0 Å². The Labute approximate surface area is 168 Å². The molecule has 8 heteroatoms. The third-order valence-corrected chi connectivity index (χ3v) is 5.82. The first-order valence-electron chi connectivity index (χ1n) is 9.05. The number of nitrogens with one attached hydrogen (secondary N) is 4. The predicted octanol–water partition coefficient (Wildman–Crippen LogP) is 3.80. The van der Waals surface area contributed by atoms with E-state index in [1.165, 1.54) is 0 Å². The van der Waals surface area contributed by atoms with E-state index in [-0.39, 0.29) is 6.04 Å². The zero-order valence-corrected chi connectivity index (χ0v) is 16.5. The van der Waals surface area contributed by atoms with Gasteiger partial charge >= 0.3 is 0 Å². The number of fused-ring (bicyclic) bond motifs is 1. The van der Waals surface area contributed by atoms with Crippen molar-refractivity contribution in [3.63, 3.8) is 0 Å². The molecule has 0 saturated carbocycles. The molecule has 6 nitrogen and oxygen atoms in total. The first-order valence-corrected chi connectivity index (χ1v) is 9.80. The van der Waals surface area contributed by atoms with Crippen molar-refractivity contribution in [1.29, 1.82) is 0 Å². The van der Waals surface area contributed by atoms with E-state index in [0.717, 1.165) is 46.6 Å².